The summed E-state index contributed by atoms with van der Waals surface area (Å²) in [6.45, 7) is 4.17. The Balaban J connectivity index is 3.02. The predicted molar refractivity (Wildman–Crippen MR) is 60.9 cm³/mol. The van der Waals surface area contributed by atoms with E-state index < -0.39 is 5.97 Å². The number of rotatable bonds is 4. The molecule has 0 atom stereocenters. The minimum atomic E-state index is -0.965. The summed E-state index contributed by atoms with van der Waals surface area (Å²) in [6.07, 6.45) is 0. The van der Waals surface area contributed by atoms with E-state index in [1.54, 1.807) is 30.0 Å². The molecule has 82 valence electrons. The molecule has 1 aromatic carbocycles. The lowest BCUT2D eigenvalue weighted by Crippen LogP contribution is -2.00. The van der Waals surface area contributed by atoms with Gasteiger partial charge < -0.3 is 9.84 Å². The van der Waals surface area contributed by atoms with Crippen LogP contribution in [0.5, 0.6) is 5.75 Å². The minimum absolute atomic E-state index is 0.200. The van der Waals surface area contributed by atoms with E-state index in [1.807, 2.05) is 0 Å². The maximum absolute atomic E-state index is 10.8. The van der Waals surface area contributed by atoms with Crippen LogP contribution in [0.25, 0.3) is 0 Å². The third-order valence-corrected chi connectivity index (χ3v) is 2.77. The van der Waals surface area contributed by atoms with Crippen molar-refractivity contribution < 1.29 is 14.6 Å². The number of hydrogen-bond acceptors (Lipinski definition) is 3. The Morgan fingerprint density at radius 2 is 2.13 bits per heavy atom. The van der Waals surface area contributed by atoms with E-state index in [0.29, 0.717) is 11.0 Å². The van der Waals surface area contributed by atoms with Crippen molar-refractivity contribution in [3.8, 4) is 5.75 Å². The molecule has 0 aliphatic heterocycles. The highest BCUT2D eigenvalue weighted by atomic mass is 32.2. The Morgan fingerprint density at radius 3 is 2.60 bits per heavy atom. The van der Waals surface area contributed by atoms with E-state index in [2.05, 4.69) is 13.8 Å². The molecule has 0 aliphatic carbocycles. The van der Waals surface area contributed by atoms with Crippen molar-refractivity contribution in [2.75, 3.05) is 7.11 Å². The van der Waals surface area contributed by atoms with E-state index in [1.165, 1.54) is 7.11 Å². The molecule has 0 heterocycles. The van der Waals surface area contributed by atoms with Crippen molar-refractivity contribution in [3.05, 3.63) is 23.8 Å². The summed E-state index contributed by atoms with van der Waals surface area (Å²) in [5.74, 6) is -0.555. The maximum Gasteiger partial charge on any atom is 0.339 e. The molecule has 1 N–H and O–H groups in total. The maximum atomic E-state index is 10.8. The first-order valence-electron chi connectivity index (χ1n) is 4.62. The van der Waals surface area contributed by atoms with Crippen molar-refractivity contribution in [3.63, 3.8) is 0 Å². The number of methoxy groups -OCH3 is 1. The molecule has 1 rings (SSSR count). The van der Waals surface area contributed by atoms with Crippen LogP contribution in [0.15, 0.2) is 23.1 Å². The van der Waals surface area contributed by atoms with Gasteiger partial charge in [0.2, 0.25) is 0 Å². The lowest BCUT2D eigenvalue weighted by Gasteiger charge is -2.09. The number of ether oxygens (including phenoxy) is 1. The van der Waals surface area contributed by atoms with Gasteiger partial charge in [0.25, 0.3) is 0 Å². The molecule has 0 bridgehead atoms. The van der Waals surface area contributed by atoms with Crippen molar-refractivity contribution in [2.24, 2.45) is 0 Å². The second-order valence-electron chi connectivity index (χ2n) is 3.33. The third-order valence-electron chi connectivity index (χ3n) is 1.78. The summed E-state index contributed by atoms with van der Waals surface area (Å²) < 4.78 is 5.03. The van der Waals surface area contributed by atoms with Gasteiger partial charge in [-0.2, -0.15) is 0 Å². The third kappa shape index (κ3) is 3.16. The van der Waals surface area contributed by atoms with Crippen LogP contribution in [-0.2, 0) is 0 Å². The molecule has 0 unspecified atom stereocenters. The van der Waals surface area contributed by atoms with Crippen LogP contribution in [0.2, 0.25) is 0 Å². The highest BCUT2D eigenvalue weighted by molar-refractivity contribution is 7.99. The monoisotopic (exact) mass is 226 g/mol. The molecule has 0 aromatic heterocycles. The van der Waals surface area contributed by atoms with Crippen LogP contribution < -0.4 is 4.74 Å². The van der Waals surface area contributed by atoms with Gasteiger partial charge in [0.15, 0.2) is 0 Å². The Kier molecular flexibility index (Phi) is 4.03. The van der Waals surface area contributed by atoms with E-state index in [-0.39, 0.29) is 5.56 Å². The average molecular weight is 226 g/mol. The van der Waals surface area contributed by atoms with Gasteiger partial charge in [-0.3, -0.25) is 0 Å². The Bertz CT molecular complexity index is 361. The topological polar surface area (TPSA) is 46.5 Å². The SMILES string of the molecule is COc1cc(SC(C)C)ccc1C(=O)O. The molecule has 0 spiro atoms. The number of carbonyl (C=O) groups is 1. The Labute approximate surface area is 93.4 Å². The number of aromatic carboxylic acids is 1. The normalized spacial score (nSPS) is 10.4. The summed E-state index contributed by atoms with van der Waals surface area (Å²) in [5.41, 5.74) is 0.200. The van der Waals surface area contributed by atoms with Gasteiger partial charge in [-0.25, -0.2) is 4.79 Å². The standard InChI is InChI=1S/C11H14O3S/c1-7(2)15-8-4-5-9(11(12)13)10(6-8)14-3/h4-7H,1-3H3,(H,12,13). The van der Waals surface area contributed by atoms with Crippen LogP contribution >= 0.6 is 11.8 Å². The van der Waals surface area contributed by atoms with Crippen LogP contribution in [0.1, 0.15) is 24.2 Å². The highest BCUT2D eigenvalue weighted by Gasteiger charge is 2.11. The molecule has 4 heteroatoms. The second kappa shape index (κ2) is 5.07. The molecular weight excluding hydrogens is 212 g/mol. The van der Waals surface area contributed by atoms with E-state index in [9.17, 15) is 4.79 Å². The van der Waals surface area contributed by atoms with Gasteiger partial charge in [-0.1, -0.05) is 13.8 Å². The zero-order chi connectivity index (χ0) is 11.4. The van der Waals surface area contributed by atoms with E-state index in [4.69, 9.17) is 9.84 Å². The van der Waals surface area contributed by atoms with Crippen molar-refractivity contribution in [2.45, 2.75) is 24.0 Å². The summed E-state index contributed by atoms with van der Waals surface area (Å²) in [6, 6.07) is 5.14. The number of hydrogen-bond donors (Lipinski definition) is 1. The summed E-state index contributed by atoms with van der Waals surface area (Å²) >= 11 is 1.68. The number of benzene rings is 1. The van der Waals surface area contributed by atoms with Crippen molar-refractivity contribution >= 4 is 17.7 Å². The first-order valence-corrected chi connectivity index (χ1v) is 5.50. The fourth-order valence-electron chi connectivity index (χ4n) is 1.19. The van der Waals surface area contributed by atoms with Crippen LogP contribution in [0.3, 0.4) is 0 Å². The van der Waals surface area contributed by atoms with Crippen LogP contribution in [-0.4, -0.2) is 23.4 Å². The average Bonchev–Trinajstić information content (AvgIpc) is 2.16. The van der Waals surface area contributed by atoms with Gasteiger partial charge >= 0.3 is 5.97 Å². The highest BCUT2D eigenvalue weighted by Crippen LogP contribution is 2.29. The second-order valence-corrected chi connectivity index (χ2v) is 4.98. The van der Waals surface area contributed by atoms with Gasteiger partial charge in [0.1, 0.15) is 11.3 Å². The number of thioether (sulfide) groups is 1. The summed E-state index contributed by atoms with van der Waals surface area (Å²) in [4.78, 5) is 11.8. The molecule has 0 radical (unpaired) electrons. The van der Waals surface area contributed by atoms with Gasteiger partial charge in [0.05, 0.1) is 7.11 Å². The lowest BCUT2D eigenvalue weighted by atomic mass is 10.2. The molecule has 3 nitrogen and oxygen atoms in total. The first-order chi connectivity index (χ1) is 7.04. The smallest absolute Gasteiger partial charge is 0.339 e. The number of carboxylic acids is 1. The Morgan fingerprint density at radius 1 is 1.47 bits per heavy atom. The molecule has 0 amide bonds. The van der Waals surface area contributed by atoms with Gasteiger partial charge in [0, 0.05) is 10.1 Å². The summed E-state index contributed by atoms with van der Waals surface area (Å²) in [7, 11) is 1.48. The van der Waals surface area contributed by atoms with Crippen LogP contribution in [0, 0.1) is 0 Å². The fourth-order valence-corrected chi connectivity index (χ4v) is 2.06. The lowest BCUT2D eigenvalue weighted by molar-refractivity contribution is 0.0693. The first kappa shape index (κ1) is 11.9. The zero-order valence-corrected chi connectivity index (χ0v) is 9.80. The zero-order valence-electron chi connectivity index (χ0n) is 8.98. The molecule has 0 saturated carbocycles. The van der Waals surface area contributed by atoms with Crippen LogP contribution in [0.4, 0.5) is 0 Å². The van der Waals surface area contributed by atoms with Crippen molar-refractivity contribution in [1.29, 1.82) is 0 Å². The molecule has 15 heavy (non-hydrogen) atoms. The van der Waals surface area contributed by atoms with Crippen molar-refractivity contribution in [1.82, 2.24) is 0 Å². The molecular formula is C11H14O3S. The molecule has 0 saturated heterocycles. The van der Waals surface area contributed by atoms with Gasteiger partial charge in [-0.15, -0.1) is 11.8 Å². The number of carboxylic acid groups (broad SMARTS) is 1. The Hall–Kier alpha value is -1.16. The molecule has 0 fully saturated rings. The molecule has 0 aliphatic rings. The van der Waals surface area contributed by atoms with E-state index in [0.717, 1.165) is 4.90 Å². The minimum Gasteiger partial charge on any atom is -0.496 e. The summed E-state index contributed by atoms with van der Waals surface area (Å²) in [5, 5.41) is 9.35. The predicted octanol–water partition coefficient (Wildman–Crippen LogP) is 2.89. The largest absolute Gasteiger partial charge is 0.496 e. The molecule has 1 aromatic rings. The fraction of sp³-hybridized carbons (Fsp3) is 0.364. The quantitative estimate of drug-likeness (QED) is 0.802. The van der Waals surface area contributed by atoms with Gasteiger partial charge in [-0.05, 0) is 18.2 Å². The van der Waals surface area contributed by atoms with E-state index >= 15 is 0 Å².